The van der Waals surface area contributed by atoms with E-state index in [2.05, 4.69) is 20.1 Å². The number of hydrogen-bond acceptors (Lipinski definition) is 4. The molecule has 0 saturated carbocycles. The first-order chi connectivity index (χ1) is 14.7. The van der Waals surface area contributed by atoms with E-state index in [1.165, 1.54) is 0 Å². The van der Waals surface area contributed by atoms with Gasteiger partial charge in [0.2, 0.25) is 0 Å². The Morgan fingerprint density at radius 3 is 2.63 bits per heavy atom. The van der Waals surface area contributed by atoms with Gasteiger partial charge < -0.3 is 9.30 Å². The monoisotopic (exact) mass is 420 g/mol. The number of H-pyrrole nitrogens is 1. The minimum absolute atomic E-state index is 0.00768. The van der Waals surface area contributed by atoms with Crippen LogP contribution in [-0.4, -0.2) is 61.5 Å². The Morgan fingerprint density at radius 1 is 1.03 bits per heavy atom. The number of piperazine rings is 1. The fourth-order valence-electron chi connectivity index (χ4n) is 3.79. The predicted molar refractivity (Wildman–Crippen MR) is 115 cm³/mol. The molecule has 0 bridgehead atoms. The number of nitrogens with one attached hydrogen (secondary N) is 1. The molecule has 1 aromatic carbocycles. The maximum atomic E-state index is 12.9. The summed E-state index contributed by atoms with van der Waals surface area (Å²) >= 11 is 6.05. The van der Waals surface area contributed by atoms with Crippen LogP contribution >= 0.6 is 11.6 Å². The number of carbonyl (C=O) groups excluding carboxylic acids is 1. The fraction of sp³-hybridized carbons (Fsp3) is 0.227. The molecule has 1 saturated heterocycles. The van der Waals surface area contributed by atoms with E-state index in [0.717, 1.165) is 42.2 Å². The molecule has 1 N–H and O–H groups in total. The van der Waals surface area contributed by atoms with E-state index in [1.807, 2.05) is 70.2 Å². The van der Waals surface area contributed by atoms with E-state index >= 15 is 0 Å². The Labute approximate surface area is 178 Å². The number of aromatic amines is 1. The summed E-state index contributed by atoms with van der Waals surface area (Å²) in [4.78, 5) is 21.7. The lowest BCUT2D eigenvalue weighted by molar-refractivity contribution is 0.0621. The number of fused-ring (bicyclic) bond motifs is 1. The number of imidazole rings is 1. The lowest BCUT2D eigenvalue weighted by atomic mass is 10.1. The topological polar surface area (TPSA) is 69.5 Å². The highest BCUT2D eigenvalue weighted by atomic mass is 35.5. The normalized spacial score (nSPS) is 15.0. The third kappa shape index (κ3) is 3.81. The SMILES string of the molecule is O=C(c1cc(-c2ccccc2)n[nH]1)N1CCN(Cc2cn3cc(Cl)ccc3n2)CC1. The van der Waals surface area contributed by atoms with E-state index in [9.17, 15) is 4.79 Å². The van der Waals surface area contributed by atoms with Gasteiger partial charge in [-0.1, -0.05) is 41.9 Å². The quantitative estimate of drug-likeness (QED) is 0.549. The molecule has 0 radical (unpaired) electrons. The van der Waals surface area contributed by atoms with Gasteiger partial charge in [-0.2, -0.15) is 5.10 Å². The van der Waals surface area contributed by atoms with E-state index in [1.54, 1.807) is 0 Å². The van der Waals surface area contributed by atoms with Crippen LogP contribution in [0, 0.1) is 0 Å². The van der Waals surface area contributed by atoms with E-state index in [4.69, 9.17) is 11.6 Å². The first-order valence-corrected chi connectivity index (χ1v) is 10.3. The van der Waals surface area contributed by atoms with Gasteiger partial charge >= 0.3 is 0 Å². The standard InChI is InChI=1S/C22H21ClN6O/c23-17-6-7-21-24-18(15-29(21)13-17)14-27-8-10-28(11-9-27)22(30)20-12-19(25-26-20)16-4-2-1-3-5-16/h1-7,12-13,15H,8-11,14H2,(H,25,26). The summed E-state index contributed by atoms with van der Waals surface area (Å²) in [5.74, 6) is -0.00768. The van der Waals surface area contributed by atoms with Crippen LogP contribution in [0.1, 0.15) is 16.2 Å². The Balaban J connectivity index is 1.20. The average molecular weight is 421 g/mol. The molecule has 4 heterocycles. The Morgan fingerprint density at radius 2 is 1.83 bits per heavy atom. The maximum Gasteiger partial charge on any atom is 0.271 e. The van der Waals surface area contributed by atoms with Gasteiger partial charge in [0, 0.05) is 50.7 Å². The van der Waals surface area contributed by atoms with E-state index in [0.29, 0.717) is 23.8 Å². The zero-order valence-electron chi connectivity index (χ0n) is 16.3. The number of amides is 1. The minimum atomic E-state index is -0.00768. The highest BCUT2D eigenvalue weighted by Crippen LogP contribution is 2.19. The van der Waals surface area contributed by atoms with Crippen molar-refractivity contribution in [2.75, 3.05) is 26.2 Å². The van der Waals surface area contributed by atoms with Crippen molar-refractivity contribution >= 4 is 23.2 Å². The first-order valence-electron chi connectivity index (χ1n) is 9.91. The summed E-state index contributed by atoms with van der Waals surface area (Å²) in [6, 6.07) is 15.4. The molecule has 1 fully saturated rings. The van der Waals surface area contributed by atoms with Crippen LogP contribution in [-0.2, 0) is 6.54 Å². The van der Waals surface area contributed by atoms with Gasteiger partial charge in [-0.3, -0.25) is 14.8 Å². The van der Waals surface area contributed by atoms with Crippen LogP contribution in [0.4, 0.5) is 0 Å². The number of rotatable bonds is 4. The molecule has 0 atom stereocenters. The number of benzene rings is 1. The maximum absolute atomic E-state index is 12.9. The van der Waals surface area contributed by atoms with Crippen LogP contribution < -0.4 is 0 Å². The first kappa shape index (κ1) is 18.8. The molecule has 152 valence electrons. The molecule has 5 rings (SSSR count). The van der Waals surface area contributed by atoms with Crippen molar-refractivity contribution in [3.8, 4) is 11.3 Å². The molecule has 0 aliphatic carbocycles. The van der Waals surface area contributed by atoms with Crippen LogP contribution in [0.25, 0.3) is 16.9 Å². The Bertz CT molecular complexity index is 1180. The smallest absolute Gasteiger partial charge is 0.271 e. The number of pyridine rings is 1. The number of hydrogen-bond donors (Lipinski definition) is 1. The lowest BCUT2D eigenvalue weighted by Crippen LogP contribution is -2.48. The van der Waals surface area contributed by atoms with Crippen molar-refractivity contribution in [2.24, 2.45) is 0 Å². The number of carbonyl (C=O) groups is 1. The largest absolute Gasteiger partial charge is 0.335 e. The summed E-state index contributed by atoms with van der Waals surface area (Å²) in [7, 11) is 0. The van der Waals surface area contributed by atoms with Crippen LogP contribution in [0.3, 0.4) is 0 Å². The van der Waals surface area contributed by atoms with Gasteiger partial charge in [-0.05, 0) is 18.2 Å². The highest BCUT2D eigenvalue weighted by molar-refractivity contribution is 6.30. The molecule has 1 aliphatic rings. The molecule has 30 heavy (non-hydrogen) atoms. The zero-order valence-corrected chi connectivity index (χ0v) is 17.1. The average Bonchev–Trinajstić information content (AvgIpc) is 3.41. The van der Waals surface area contributed by atoms with Gasteiger partial charge in [0.1, 0.15) is 11.3 Å². The van der Waals surface area contributed by atoms with Crippen molar-refractivity contribution in [1.29, 1.82) is 0 Å². The van der Waals surface area contributed by atoms with Crippen molar-refractivity contribution in [3.05, 3.63) is 77.3 Å². The second-order valence-electron chi connectivity index (χ2n) is 7.45. The van der Waals surface area contributed by atoms with Crippen molar-refractivity contribution in [2.45, 2.75) is 6.54 Å². The molecular formula is C22H21ClN6O. The highest BCUT2D eigenvalue weighted by Gasteiger charge is 2.24. The second-order valence-corrected chi connectivity index (χ2v) is 7.88. The molecule has 0 spiro atoms. The van der Waals surface area contributed by atoms with Gasteiger partial charge in [0.05, 0.1) is 16.4 Å². The summed E-state index contributed by atoms with van der Waals surface area (Å²) in [5, 5.41) is 7.88. The van der Waals surface area contributed by atoms with Gasteiger partial charge in [0.15, 0.2) is 0 Å². The summed E-state index contributed by atoms with van der Waals surface area (Å²) < 4.78 is 1.94. The predicted octanol–water partition coefficient (Wildman–Crippen LogP) is 3.34. The van der Waals surface area contributed by atoms with Gasteiger partial charge in [-0.25, -0.2) is 4.98 Å². The Hall–Kier alpha value is -3.16. The molecule has 7 nitrogen and oxygen atoms in total. The molecule has 3 aromatic heterocycles. The van der Waals surface area contributed by atoms with E-state index < -0.39 is 0 Å². The summed E-state index contributed by atoms with van der Waals surface area (Å²) in [6.45, 7) is 3.72. The van der Waals surface area contributed by atoms with Crippen LogP contribution in [0.5, 0.6) is 0 Å². The summed E-state index contributed by atoms with van der Waals surface area (Å²) in [6.07, 6.45) is 3.87. The molecular weight excluding hydrogens is 400 g/mol. The Kier molecular flexibility index (Phi) is 4.98. The van der Waals surface area contributed by atoms with Crippen molar-refractivity contribution < 1.29 is 4.79 Å². The molecule has 0 unspecified atom stereocenters. The molecule has 1 aliphatic heterocycles. The van der Waals surface area contributed by atoms with Gasteiger partial charge in [0.25, 0.3) is 5.91 Å². The van der Waals surface area contributed by atoms with Crippen molar-refractivity contribution in [1.82, 2.24) is 29.4 Å². The summed E-state index contributed by atoms with van der Waals surface area (Å²) in [5.41, 5.74) is 4.19. The lowest BCUT2D eigenvalue weighted by Gasteiger charge is -2.34. The second kappa shape index (κ2) is 7.93. The molecule has 8 heteroatoms. The third-order valence-corrected chi connectivity index (χ3v) is 5.61. The molecule has 1 amide bonds. The third-order valence-electron chi connectivity index (χ3n) is 5.39. The van der Waals surface area contributed by atoms with Crippen LogP contribution in [0.15, 0.2) is 60.9 Å². The molecule has 4 aromatic rings. The number of halogens is 1. The number of aromatic nitrogens is 4. The fourth-order valence-corrected chi connectivity index (χ4v) is 3.96. The van der Waals surface area contributed by atoms with Crippen LogP contribution in [0.2, 0.25) is 5.02 Å². The minimum Gasteiger partial charge on any atom is -0.335 e. The van der Waals surface area contributed by atoms with Gasteiger partial charge in [-0.15, -0.1) is 0 Å². The zero-order chi connectivity index (χ0) is 20.5. The van der Waals surface area contributed by atoms with E-state index in [-0.39, 0.29) is 5.91 Å². The number of nitrogens with zero attached hydrogens (tertiary/aromatic N) is 5. The van der Waals surface area contributed by atoms with Crippen molar-refractivity contribution in [3.63, 3.8) is 0 Å².